The molecule has 0 radical (unpaired) electrons. The molecule has 1 aromatic carbocycles. The molecule has 1 heterocycles. The minimum Gasteiger partial charge on any atom is -0.497 e. The highest BCUT2D eigenvalue weighted by Crippen LogP contribution is 2.16. The van der Waals surface area contributed by atoms with Gasteiger partial charge in [0.15, 0.2) is 0 Å². The number of likely N-dealkylation sites (tertiary alicyclic amines) is 1. The van der Waals surface area contributed by atoms with Crippen molar-refractivity contribution in [3.63, 3.8) is 0 Å². The van der Waals surface area contributed by atoms with Gasteiger partial charge in [-0.15, -0.1) is 0 Å². The van der Waals surface area contributed by atoms with Crippen molar-refractivity contribution in [2.45, 2.75) is 90.8 Å². The first kappa shape index (κ1) is 28.5. The topological polar surface area (TPSA) is 97.0 Å². The number of carbonyl (C=O) groups is 3. The molecule has 1 aliphatic rings. The number of amides is 3. The normalized spacial score (nSPS) is 16.1. The number of ether oxygens (including phenoxy) is 2. The van der Waals surface area contributed by atoms with E-state index in [1.807, 2.05) is 38.1 Å². The molecule has 0 spiro atoms. The third-order valence-corrected chi connectivity index (χ3v) is 5.82. The number of esters is 1. The van der Waals surface area contributed by atoms with E-state index in [2.05, 4.69) is 10.6 Å². The van der Waals surface area contributed by atoms with Crippen LogP contribution in [-0.2, 0) is 20.7 Å². The maximum absolute atomic E-state index is 13.4. The lowest BCUT2D eigenvalue weighted by Crippen LogP contribution is -2.55. The number of methoxy groups -OCH3 is 1. The fraction of sp³-hybridized carbons (Fsp3) is 0.667. The molecule has 3 amide bonds. The van der Waals surface area contributed by atoms with E-state index in [4.69, 9.17) is 9.47 Å². The SMILES string of the molecule is COc1ccc(CC(NC(=O)C(CC(C)C)NC(=O)N2CCCCCC2)C(=O)OC(C)(C)C)cc1. The number of nitrogens with one attached hydrogen (secondary N) is 2. The minimum atomic E-state index is -0.889. The molecule has 0 saturated carbocycles. The Morgan fingerprint density at radius 3 is 2.06 bits per heavy atom. The highest BCUT2D eigenvalue weighted by Gasteiger charge is 2.31. The van der Waals surface area contributed by atoms with E-state index in [9.17, 15) is 14.4 Å². The van der Waals surface area contributed by atoms with Gasteiger partial charge in [0, 0.05) is 19.5 Å². The number of rotatable bonds is 9. The summed E-state index contributed by atoms with van der Waals surface area (Å²) >= 11 is 0. The lowest BCUT2D eigenvalue weighted by atomic mass is 10.0. The Balaban J connectivity index is 2.17. The highest BCUT2D eigenvalue weighted by atomic mass is 16.6. The molecular weight excluding hydrogens is 446 g/mol. The molecule has 8 heteroatoms. The molecule has 2 rings (SSSR count). The Labute approximate surface area is 210 Å². The van der Waals surface area contributed by atoms with Gasteiger partial charge in [-0.1, -0.05) is 38.8 Å². The molecule has 2 N–H and O–H groups in total. The Hall–Kier alpha value is -2.77. The Morgan fingerprint density at radius 1 is 0.943 bits per heavy atom. The number of nitrogens with zero attached hydrogens (tertiary/aromatic N) is 1. The van der Waals surface area contributed by atoms with Crippen molar-refractivity contribution in [2.24, 2.45) is 5.92 Å². The summed E-state index contributed by atoms with van der Waals surface area (Å²) in [6, 6.07) is 5.48. The number of urea groups is 1. The molecule has 0 aliphatic carbocycles. The molecule has 35 heavy (non-hydrogen) atoms. The van der Waals surface area contributed by atoms with Gasteiger partial charge in [0.1, 0.15) is 23.4 Å². The van der Waals surface area contributed by atoms with Crippen LogP contribution in [0.1, 0.15) is 72.3 Å². The molecule has 1 aliphatic heterocycles. The number of hydrogen-bond acceptors (Lipinski definition) is 5. The van der Waals surface area contributed by atoms with E-state index in [0.29, 0.717) is 25.3 Å². The van der Waals surface area contributed by atoms with Gasteiger partial charge in [-0.05, 0) is 63.6 Å². The third-order valence-electron chi connectivity index (χ3n) is 5.82. The molecule has 0 aromatic heterocycles. The summed E-state index contributed by atoms with van der Waals surface area (Å²) in [7, 11) is 1.59. The van der Waals surface area contributed by atoms with Gasteiger partial charge in [0.05, 0.1) is 7.11 Å². The van der Waals surface area contributed by atoms with Gasteiger partial charge >= 0.3 is 12.0 Å². The summed E-state index contributed by atoms with van der Waals surface area (Å²) in [5, 5.41) is 5.79. The van der Waals surface area contributed by atoms with E-state index in [1.165, 1.54) is 0 Å². The van der Waals surface area contributed by atoms with Crippen molar-refractivity contribution >= 4 is 17.9 Å². The van der Waals surface area contributed by atoms with E-state index < -0.39 is 23.7 Å². The van der Waals surface area contributed by atoms with Crippen molar-refractivity contribution in [1.82, 2.24) is 15.5 Å². The molecule has 1 fully saturated rings. The molecule has 196 valence electrons. The molecule has 2 unspecified atom stereocenters. The standard InChI is InChI=1S/C27H43N3O5/c1-19(2)17-22(29-26(33)30-15-9-7-8-10-16-30)24(31)28-23(25(32)35-27(3,4)5)18-20-11-13-21(34-6)14-12-20/h11-14,19,22-23H,7-10,15-18H2,1-6H3,(H,28,31)(H,29,33). The average Bonchev–Trinajstić information content (AvgIpc) is 3.07. The Morgan fingerprint density at radius 2 is 1.54 bits per heavy atom. The Kier molecular flexibility index (Phi) is 10.9. The van der Waals surface area contributed by atoms with Crippen LogP contribution in [0.25, 0.3) is 0 Å². The smallest absolute Gasteiger partial charge is 0.329 e. The predicted molar refractivity (Wildman–Crippen MR) is 136 cm³/mol. The van der Waals surface area contributed by atoms with Crippen LogP contribution in [-0.4, -0.2) is 60.7 Å². The van der Waals surface area contributed by atoms with E-state index in [-0.39, 0.29) is 24.3 Å². The van der Waals surface area contributed by atoms with Gasteiger partial charge in [0.2, 0.25) is 5.91 Å². The monoisotopic (exact) mass is 489 g/mol. The zero-order valence-electron chi connectivity index (χ0n) is 22.2. The van der Waals surface area contributed by atoms with E-state index in [1.54, 1.807) is 32.8 Å². The first-order chi connectivity index (χ1) is 16.5. The van der Waals surface area contributed by atoms with Gasteiger partial charge < -0.3 is 25.0 Å². The second-order valence-corrected chi connectivity index (χ2v) is 10.7. The van der Waals surface area contributed by atoms with Crippen LogP contribution < -0.4 is 15.4 Å². The first-order valence-electron chi connectivity index (χ1n) is 12.7. The van der Waals surface area contributed by atoms with Crippen molar-refractivity contribution in [2.75, 3.05) is 20.2 Å². The molecular formula is C27H43N3O5. The summed E-state index contributed by atoms with van der Waals surface area (Å²) in [5.74, 6) is -0.00775. The lowest BCUT2D eigenvalue weighted by molar-refractivity contribution is -0.158. The summed E-state index contributed by atoms with van der Waals surface area (Å²) in [6.45, 7) is 10.8. The van der Waals surface area contributed by atoms with Crippen molar-refractivity contribution in [3.05, 3.63) is 29.8 Å². The van der Waals surface area contributed by atoms with Crippen LogP contribution in [0.3, 0.4) is 0 Å². The second kappa shape index (κ2) is 13.4. The summed E-state index contributed by atoms with van der Waals surface area (Å²) in [5.41, 5.74) is 0.161. The van der Waals surface area contributed by atoms with Crippen LogP contribution in [0.15, 0.2) is 24.3 Å². The maximum Gasteiger partial charge on any atom is 0.329 e. The fourth-order valence-electron chi connectivity index (χ4n) is 4.05. The second-order valence-electron chi connectivity index (χ2n) is 10.7. The Bertz CT molecular complexity index is 824. The largest absolute Gasteiger partial charge is 0.497 e. The molecule has 8 nitrogen and oxygen atoms in total. The van der Waals surface area contributed by atoms with Gasteiger partial charge in [-0.2, -0.15) is 0 Å². The quantitative estimate of drug-likeness (QED) is 0.510. The maximum atomic E-state index is 13.4. The number of hydrogen-bond donors (Lipinski definition) is 2. The van der Waals surface area contributed by atoms with Crippen molar-refractivity contribution < 1.29 is 23.9 Å². The lowest BCUT2D eigenvalue weighted by Gasteiger charge is -2.28. The fourth-order valence-corrected chi connectivity index (χ4v) is 4.05. The van der Waals surface area contributed by atoms with Crippen LogP contribution in [0.4, 0.5) is 4.79 Å². The zero-order valence-corrected chi connectivity index (χ0v) is 22.2. The molecule has 1 aromatic rings. The van der Waals surface area contributed by atoms with Gasteiger partial charge in [-0.25, -0.2) is 9.59 Å². The molecule has 0 bridgehead atoms. The molecule has 2 atom stereocenters. The van der Waals surface area contributed by atoms with Crippen LogP contribution in [0.5, 0.6) is 5.75 Å². The molecule has 1 saturated heterocycles. The number of carbonyl (C=O) groups excluding carboxylic acids is 3. The van der Waals surface area contributed by atoms with E-state index >= 15 is 0 Å². The first-order valence-corrected chi connectivity index (χ1v) is 12.7. The zero-order chi connectivity index (χ0) is 26.0. The summed E-state index contributed by atoms with van der Waals surface area (Å²) in [4.78, 5) is 41.1. The van der Waals surface area contributed by atoms with Gasteiger partial charge in [0.25, 0.3) is 0 Å². The average molecular weight is 490 g/mol. The number of benzene rings is 1. The minimum absolute atomic E-state index is 0.178. The highest BCUT2D eigenvalue weighted by molar-refractivity contribution is 5.90. The van der Waals surface area contributed by atoms with Crippen LogP contribution in [0.2, 0.25) is 0 Å². The third kappa shape index (κ3) is 10.2. The van der Waals surface area contributed by atoms with Gasteiger partial charge in [-0.3, -0.25) is 4.79 Å². The van der Waals surface area contributed by atoms with Crippen LogP contribution in [0, 0.1) is 5.92 Å². The van der Waals surface area contributed by atoms with Crippen molar-refractivity contribution in [1.29, 1.82) is 0 Å². The van der Waals surface area contributed by atoms with Crippen molar-refractivity contribution in [3.8, 4) is 5.75 Å². The van der Waals surface area contributed by atoms with Crippen LogP contribution >= 0.6 is 0 Å². The summed E-state index contributed by atoms with van der Waals surface area (Å²) in [6.07, 6.45) is 4.90. The van der Waals surface area contributed by atoms with E-state index in [0.717, 1.165) is 31.2 Å². The summed E-state index contributed by atoms with van der Waals surface area (Å²) < 4.78 is 10.8. The predicted octanol–water partition coefficient (Wildman–Crippen LogP) is 4.06.